The zero-order chi connectivity index (χ0) is 18.3. The van der Waals surface area contributed by atoms with Crippen LogP contribution in [0.4, 0.5) is 5.13 Å². The lowest BCUT2D eigenvalue weighted by atomic mass is 9.94. The molecule has 1 aromatic carbocycles. The van der Waals surface area contributed by atoms with E-state index in [0.717, 1.165) is 37.0 Å². The van der Waals surface area contributed by atoms with E-state index >= 15 is 0 Å². The fraction of sp³-hybridized carbons (Fsp3) is 0.368. The average molecular weight is 369 g/mol. The number of imide groups is 1. The van der Waals surface area contributed by atoms with Crippen LogP contribution in [0.3, 0.4) is 0 Å². The maximum Gasteiger partial charge on any atom is 0.261 e. The second kappa shape index (κ2) is 6.64. The molecule has 0 spiro atoms. The van der Waals surface area contributed by atoms with Crippen molar-refractivity contribution in [3.05, 3.63) is 46.0 Å². The summed E-state index contributed by atoms with van der Waals surface area (Å²) in [4.78, 5) is 44.4. The molecular weight excluding hydrogens is 350 g/mol. The third-order valence-corrected chi connectivity index (χ3v) is 5.79. The van der Waals surface area contributed by atoms with Gasteiger partial charge in [0.15, 0.2) is 5.13 Å². The molecule has 0 unspecified atom stereocenters. The minimum Gasteiger partial charge on any atom is -0.298 e. The zero-order valence-corrected chi connectivity index (χ0v) is 15.3. The predicted octanol–water partition coefficient (Wildman–Crippen LogP) is 3.63. The molecule has 7 heteroatoms. The number of nitrogens with one attached hydrogen (secondary N) is 1. The molecule has 2 aliphatic rings. The van der Waals surface area contributed by atoms with Gasteiger partial charge in [-0.1, -0.05) is 19.3 Å². The van der Waals surface area contributed by atoms with Crippen molar-refractivity contribution in [2.24, 2.45) is 0 Å². The first-order valence-electron chi connectivity index (χ1n) is 8.80. The molecule has 1 saturated carbocycles. The van der Waals surface area contributed by atoms with Crippen LogP contribution in [0.5, 0.6) is 0 Å². The topological polar surface area (TPSA) is 79.4 Å². The summed E-state index contributed by atoms with van der Waals surface area (Å²) < 4.78 is 0. The molecule has 0 bridgehead atoms. The first-order chi connectivity index (χ1) is 12.5. The quantitative estimate of drug-likeness (QED) is 0.838. The van der Waals surface area contributed by atoms with Crippen LogP contribution in [0.2, 0.25) is 0 Å². The smallest absolute Gasteiger partial charge is 0.261 e. The van der Waals surface area contributed by atoms with Crippen molar-refractivity contribution >= 4 is 34.2 Å². The molecule has 2 heterocycles. The number of carbonyl (C=O) groups is 3. The number of benzene rings is 1. The standard InChI is InChI=1S/C19H19N3O3S/c1-11-10-20-19(26-11)21-16(23)12-7-8-14-15(9-12)18(25)22(17(14)24)13-5-3-2-4-6-13/h7-10,13H,2-6H2,1H3,(H,20,21,23). The molecule has 1 aromatic heterocycles. The second-order valence-corrected chi connectivity index (χ2v) is 8.00. The minimum atomic E-state index is -0.335. The highest BCUT2D eigenvalue weighted by molar-refractivity contribution is 7.15. The van der Waals surface area contributed by atoms with E-state index < -0.39 is 0 Å². The van der Waals surface area contributed by atoms with Crippen LogP contribution < -0.4 is 5.32 Å². The lowest BCUT2D eigenvalue weighted by Crippen LogP contribution is -2.40. The van der Waals surface area contributed by atoms with E-state index in [4.69, 9.17) is 0 Å². The number of nitrogens with zero attached hydrogens (tertiary/aromatic N) is 2. The summed E-state index contributed by atoms with van der Waals surface area (Å²) in [6.45, 7) is 1.91. The number of thiazole rings is 1. The molecule has 1 aliphatic carbocycles. The fourth-order valence-corrected chi connectivity index (χ4v) is 4.31. The van der Waals surface area contributed by atoms with E-state index in [1.165, 1.54) is 22.3 Å². The number of amides is 3. The largest absolute Gasteiger partial charge is 0.298 e. The highest BCUT2D eigenvalue weighted by atomic mass is 32.1. The van der Waals surface area contributed by atoms with Gasteiger partial charge >= 0.3 is 0 Å². The maximum atomic E-state index is 12.8. The molecular formula is C19H19N3O3S. The van der Waals surface area contributed by atoms with Gasteiger partial charge in [-0.05, 0) is 38.0 Å². The van der Waals surface area contributed by atoms with E-state index in [1.807, 2.05) is 6.92 Å². The van der Waals surface area contributed by atoms with Crippen molar-refractivity contribution in [3.8, 4) is 0 Å². The van der Waals surface area contributed by atoms with Crippen LogP contribution in [-0.2, 0) is 0 Å². The molecule has 1 aliphatic heterocycles. The van der Waals surface area contributed by atoms with Gasteiger partial charge in [-0.2, -0.15) is 0 Å². The van der Waals surface area contributed by atoms with Crippen LogP contribution >= 0.6 is 11.3 Å². The van der Waals surface area contributed by atoms with Gasteiger partial charge in [-0.3, -0.25) is 24.6 Å². The Hall–Kier alpha value is -2.54. The van der Waals surface area contributed by atoms with Gasteiger partial charge < -0.3 is 0 Å². The summed E-state index contributed by atoms with van der Waals surface area (Å²) in [7, 11) is 0. The van der Waals surface area contributed by atoms with Gasteiger partial charge in [0.25, 0.3) is 17.7 Å². The Morgan fingerprint density at radius 2 is 1.88 bits per heavy atom. The summed E-state index contributed by atoms with van der Waals surface area (Å²) in [6, 6.07) is 4.67. The van der Waals surface area contributed by atoms with Crippen molar-refractivity contribution < 1.29 is 14.4 Å². The number of anilines is 1. The molecule has 6 nitrogen and oxygen atoms in total. The Kier molecular flexibility index (Phi) is 4.32. The minimum absolute atomic E-state index is 0.0216. The van der Waals surface area contributed by atoms with Crippen LogP contribution in [0.25, 0.3) is 0 Å². The van der Waals surface area contributed by atoms with Crippen LogP contribution in [0.1, 0.15) is 68.1 Å². The Bertz CT molecular complexity index is 899. The third-order valence-electron chi connectivity index (χ3n) is 4.96. The summed E-state index contributed by atoms with van der Waals surface area (Å²) in [5, 5.41) is 3.24. The number of hydrogen-bond donors (Lipinski definition) is 1. The molecule has 134 valence electrons. The molecule has 3 amide bonds. The normalized spacial score (nSPS) is 17.5. The summed E-state index contributed by atoms with van der Waals surface area (Å²) in [5.74, 6) is -0.852. The van der Waals surface area contributed by atoms with E-state index in [1.54, 1.807) is 18.3 Å². The van der Waals surface area contributed by atoms with Crippen molar-refractivity contribution in [3.63, 3.8) is 0 Å². The van der Waals surface area contributed by atoms with Crippen LogP contribution in [0, 0.1) is 6.92 Å². The molecule has 1 N–H and O–H groups in total. The zero-order valence-electron chi connectivity index (χ0n) is 14.4. The van der Waals surface area contributed by atoms with E-state index in [9.17, 15) is 14.4 Å². The molecule has 0 atom stereocenters. The lowest BCUT2D eigenvalue weighted by molar-refractivity contribution is 0.0549. The third kappa shape index (κ3) is 2.92. The fourth-order valence-electron chi connectivity index (χ4n) is 3.65. The molecule has 0 radical (unpaired) electrons. The predicted molar refractivity (Wildman–Crippen MR) is 98.6 cm³/mol. The molecule has 4 rings (SSSR count). The van der Waals surface area contributed by atoms with Gasteiger partial charge in [0.2, 0.25) is 0 Å². The van der Waals surface area contributed by atoms with Crippen LogP contribution in [0.15, 0.2) is 24.4 Å². The monoisotopic (exact) mass is 369 g/mol. The van der Waals surface area contributed by atoms with Crippen molar-refractivity contribution in [1.29, 1.82) is 0 Å². The Morgan fingerprint density at radius 1 is 1.15 bits per heavy atom. The number of fused-ring (bicyclic) bond motifs is 1. The van der Waals surface area contributed by atoms with Crippen LogP contribution in [-0.4, -0.2) is 33.6 Å². The summed E-state index contributed by atoms with van der Waals surface area (Å²) >= 11 is 1.38. The maximum absolute atomic E-state index is 12.8. The summed E-state index contributed by atoms with van der Waals surface area (Å²) in [6.07, 6.45) is 6.65. The molecule has 26 heavy (non-hydrogen) atoms. The molecule has 2 aromatic rings. The van der Waals surface area contributed by atoms with E-state index in [2.05, 4.69) is 10.3 Å². The Morgan fingerprint density at radius 3 is 2.58 bits per heavy atom. The van der Waals surface area contributed by atoms with Gasteiger partial charge in [-0.15, -0.1) is 11.3 Å². The van der Waals surface area contributed by atoms with E-state index in [-0.39, 0.29) is 23.8 Å². The van der Waals surface area contributed by atoms with Gasteiger partial charge in [0, 0.05) is 22.7 Å². The number of rotatable bonds is 3. The highest BCUT2D eigenvalue weighted by Gasteiger charge is 2.40. The van der Waals surface area contributed by atoms with Crippen molar-refractivity contribution in [2.45, 2.75) is 45.1 Å². The van der Waals surface area contributed by atoms with Gasteiger partial charge in [-0.25, -0.2) is 4.98 Å². The summed E-state index contributed by atoms with van der Waals surface area (Å²) in [5.41, 5.74) is 1.06. The molecule has 0 saturated heterocycles. The van der Waals surface area contributed by atoms with Gasteiger partial charge in [0.1, 0.15) is 0 Å². The van der Waals surface area contributed by atoms with Crippen molar-refractivity contribution in [1.82, 2.24) is 9.88 Å². The highest BCUT2D eigenvalue weighted by Crippen LogP contribution is 2.31. The Balaban J connectivity index is 1.58. The number of hydrogen-bond acceptors (Lipinski definition) is 5. The first-order valence-corrected chi connectivity index (χ1v) is 9.62. The second-order valence-electron chi connectivity index (χ2n) is 6.76. The molecule has 1 fully saturated rings. The lowest BCUT2D eigenvalue weighted by Gasteiger charge is -2.29. The number of carbonyl (C=O) groups excluding carboxylic acids is 3. The van der Waals surface area contributed by atoms with Crippen molar-refractivity contribution in [2.75, 3.05) is 5.32 Å². The van der Waals surface area contributed by atoms with E-state index in [0.29, 0.717) is 21.8 Å². The average Bonchev–Trinajstić information content (AvgIpc) is 3.16. The first kappa shape index (κ1) is 16.9. The van der Waals surface area contributed by atoms with Gasteiger partial charge in [0.05, 0.1) is 11.1 Å². The SMILES string of the molecule is Cc1cnc(NC(=O)c2ccc3c(c2)C(=O)N(C2CCCCC2)C3=O)s1. The number of aromatic nitrogens is 1. The number of aryl methyl sites for hydroxylation is 1. The Labute approximate surface area is 155 Å².